The first-order chi connectivity index (χ1) is 27.8. The Morgan fingerprint density at radius 3 is 2.33 bits per heavy atom. The van der Waals surface area contributed by atoms with E-state index in [1.54, 1.807) is 4.90 Å². The van der Waals surface area contributed by atoms with E-state index >= 15 is 0 Å². The summed E-state index contributed by atoms with van der Waals surface area (Å²) in [7, 11) is 0. The van der Waals surface area contributed by atoms with Crippen LogP contribution in [0.2, 0.25) is 0 Å². The first-order valence-electron chi connectivity index (χ1n) is 21.0. The molecule has 4 aromatic carbocycles. The molecule has 294 valence electrons. The molecule has 5 heterocycles. The average molecular weight is 766 g/mol. The number of rotatable bonds is 6. The third-order valence-corrected chi connectivity index (χ3v) is 13.8. The molecular formula is C47H51N5O5. The van der Waals surface area contributed by atoms with E-state index in [-0.39, 0.29) is 35.8 Å². The molecule has 0 aromatic heterocycles. The Bertz CT molecular complexity index is 2210. The molecule has 3 atom stereocenters. The van der Waals surface area contributed by atoms with Gasteiger partial charge in [-0.05, 0) is 120 Å². The third kappa shape index (κ3) is 6.56. The number of nitrogens with one attached hydrogen (secondary N) is 1. The van der Waals surface area contributed by atoms with Crippen molar-refractivity contribution < 1.29 is 24.2 Å². The van der Waals surface area contributed by atoms with Gasteiger partial charge >= 0.3 is 0 Å². The minimum Gasteiger partial charge on any atom is -0.508 e. The van der Waals surface area contributed by atoms with Crippen LogP contribution in [-0.2, 0) is 39.5 Å². The van der Waals surface area contributed by atoms with Crippen LogP contribution in [0, 0.1) is 5.92 Å². The largest absolute Gasteiger partial charge is 0.508 e. The number of nitrogens with zero attached hydrogens (tertiary/aromatic N) is 4. The van der Waals surface area contributed by atoms with Crippen molar-refractivity contribution in [1.29, 1.82) is 0 Å². The molecule has 2 N–H and O–H groups in total. The molecule has 0 unspecified atom stereocenters. The normalized spacial score (nSPS) is 25.3. The van der Waals surface area contributed by atoms with Crippen LogP contribution in [0.15, 0.2) is 84.9 Å². The number of benzene rings is 4. The smallest absolute Gasteiger partial charge is 0.255 e. The number of hydrogen-bond donors (Lipinski definition) is 2. The van der Waals surface area contributed by atoms with Crippen LogP contribution in [0.3, 0.4) is 0 Å². The Morgan fingerprint density at radius 2 is 1.53 bits per heavy atom. The van der Waals surface area contributed by atoms with Crippen molar-refractivity contribution in [2.24, 2.45) is 5.92 Å². The van der Waals surface area contributed by atoms with Crippen LogP contribution in [0.1, 0.15) is 88.2 Å². The minimum atomic E-state index is -0.590. The zero-order valence-corrected chi connectivity index (χ0v) is 32.5. The van der Waals surface area contributed by atoms with Crippen molar-refractivity contribution in [3.63, 3.8) is 0 Å². The Morgan fingerprint density at radius 1 is 0.754 bits per heavy atom. The summed E-state index contributed by atoms with van der Waals surface area (Å²) in [5, 5.41) is 12.7. The highest BCUT2D eigenvalue weighted by molar-refractivity contribution is 6.05. The maximum Gasteiger partial charge on any atom is 0.255 e. The SMILES string of the molecule is O=C1CC[C@H](N2Cc3cc(N4CCN(CC5CCN(c6ccc([C@H]7c8ccc(O)cc8CO[C@]78CCCc7ccccc78)cc6)CC5)CC4)ccc3C2=O)C(=O)N1. The topological polar surface area (TPSA) is 106 Å². The fraction of sp³-hybridized carbons (Fsp3) is 0.426. The minimum absolute atomic E-state index is 0.0470. The van der Waals surface area contributed by atoms with Crippen LogP contribution in [0.25, 0.3) is 0 Å². The van der Waals surface area contributed by atoms with Crippen molar-refractivity contribution in [2.45, 2.75) is 75.7 Å². The van der Waals surface area contributed by atoms with Gasteiger partial charge in [0.15, 0.2) is 0 Å². The van der Waals surface area contributed by atoms with Gasteiger partial charge in [-0.15, -0.1) is 0 Å². The number of amides is 3. The van der Waals surface area contributed by atoms with Gasteiger partial charge in [-0.3, -0.25) is 24.6 Å². The lowest BCUT2D eigenvalue weighted by molar-refractivity contribution is -0.136. The second-order valence-corrected chi connectivity index (χ2v) is 17.1. The molecule has 3 fully saturated rings. The summed E-state index contributed by atoms with van der Waals surface area (Å²) in [4.78, 5) is 46.5. The highest BCUT2D eigenvalue weighted by atomic mass is 16.5. The maximum atomic E-state index is 13.2. The fourth-order valence-electron chi connectivity index (χ4n) is 10.8. The van der Waals surface area contributed by atoms with E-state index in [0.29, 0.717) is 31.1 Å². The van der Waals surface area contributed by atoms with E-state index in [2.05, 4.69) is 80.7 Å². The van der Waals surface area contributed by atoms with E-state index in [1.807, 2.05) is 24.3 Å². The Labute approximate surface area is 334 Å². The van der Waals surface area contributed by atoms with Gasteiger partial charge in [-0.25, -0.2) is 0 Å². The quantitative estimate of drug-likeness (QED) is 0.228. The number of fused-ring (bicyclic) bond motifs is 4. The highest BCUT2D eigenvalue weighted by Crippen LogP contribution is 2.55. The predicted molar refractivity (Wildman–Crippen MR) is 218 cm³/mol. The number of aromatic hydroxyl groups is 1. The van der Waals surface area contributed by atoms with E-state index in [0.717, 1.165) is 81.9 Å². The molecule has 10 rings (SSSR count). The molecule has 5 aliphatic heterocycles. The third-order valence-electron chi connectivity index (χ3n) is 13.8. The standard InChI is InChI=1S/C47H51N5O5/c53-38-12-14-39-35(27-38)30-57-47(19-3-5-32-4-1-2-6-41(32)47)44(39)33-7-9-36(10-8-33)50-20-17-31(18-21-50)28-49-22-24-51(25-23-49)37-11-13-40-34(26-37)29-52(46(40)56)42-15-16-43(54)48-45(42)55/h1-2,4,6-14,26-27,31,42,44,53H,3,5,15-25,28-30H2,(H,48,54,55)/t42-,44-,47-/m0/s1. The van der Waals surface area contributed by atoms with Gasteiger partial charge in [0.2, 0.25) is 11.8 Å². The second kappa shape index (κ2) is 14.6. The summed E-state index contributed by atoms with van der Waals surface area (Å²) in [5.41, 5.74) is 9.90. The zero-order chi connectivity index (χ0) is 38.7. The second-order valence-electron chi connectivity index (χ2n) is 17.1. The molecule has 1 spiro atoms. The van der Waals surface area contributed by atoms with E-state index in [9.17, 15) is 19.5 Å². The van der Waals surface area contributed by atoms with Crippen LogP contribution in [-0.4, -0.2) is 84.5 Å². The van der Waals surface area contributed by atoms with E-state index in [4.69, 9.17) is 4.74 Å². The van der Waals surface area contributed by atoms with Gasteiger partial charge < -0.3 is 24.5 Å². The lowest BCUT2D eigenvalue weighted by Crippen LogP contribution is -2.52. The average Bonchev–Trinajstić information content (AvgIpc) is 3.56. The summed E-state index contributed by atoms with van der Waals surface area (Å²) in [5.74, 6) is 0.245. The van der Waals surface area contributed by atoms with E-state index in [1.165, 1.54) is 40.8 Å². The molecular weight excluding hydrogens is 715 g/mol. The molecule has 10 nitrogen and oxygen atoms in total. The summed E-state index contributed by atoms with van der Waals surface area (Å²) >= 11 is 0. The number of hydrogen-bond acceptors (Lipinski definition) is 8. The lowest BCUT2D eigenvalue weighted by Gasteiger charge is -2.48. The van der Waals surface area contributed by atoms with Crippen LogP contribution < -0.4 is 15.1 Å². The molecule has 6 aliphatic rings. The molecule has 57 heavy (non-hydrogen) atoms. The Hall–Kier alpha value is -5.19. The number of ether oxygens (including phenoxy) is 1. The van der Waals surface area contributed by atoms with Gasteiger partial charge in [0.25, 0.3) is 5.91 Å². The molecule has 10 heteroatoms. The molecule has 0 saturated carbocycles. The van der Waals surface area contributed by atoms with Crippen molar-refractivity contribution in [2.75, 3.05) is 55.6 Å². The monoisotopic (exact) mass is 765 g/mol. The first-order valence-corrected chi connectivity index (χ1v) is 21.0. The number of imide groups is 1. The Balaban J connectivity index is 0.753. The number of carbonyl (C=O) groups excluding carboxylic acids is 3. The van der Waals surface area contributed by atoms with Crippen molar-refractivity contribution in [3.8, 4) is 5.75 Å². The number of piperazine rings is 1. The van der Waals surface area contributed by atoms with Crippen molar-refractivity contribution >= 4 is 29.1 Å². The first kappa shape index (κ1) is 36.2. The summed E-state index contributed by atoms with van der Waals surface area (Å²) in [6, 6.07) is 29.4. The summed E-state index contributed by atoms with van der Waals surface area (Å²) in [6.45, 7) is 8.06. The highest BCUT2D eigenvalue weighted by Gasteiger charge is 2.49. The Kier molecular flexibility index (Phi) is 9.29. The predicted octanol–water partition coefficient (Wildman–Crippen LogP) is 6.09. The lowest BCUT2D eigenvalue weighted by atomic mass is 9.65. The number of piperidine rings is 2. The summed E-state index contributed by atoms with van der Waals surface area (Å²) in [6.07, 6.45) is 6.14. The molecule has 0 radical (unpaired) electrons. The molecule has 0 bridgehead atoms. The molecule has 1 aliphatic carbocycles. The number of aryl methyl sites for hydroxylation is 1. The van der Waals surface area contributed by atoms with Crippen LogP contribution in [0.4, 0.5) is 11.4 Å². The maximum absolute atomic E-state index is 13.2. The van der Waals surface area contributed by atoms with Crippen molar-refractivity contribution in [3.05, 3.63) is 124 Å². The van der Waals surface area contributed by atoms with Crippen molar-refractivity contribution in [1.82, 2.24) is 15.1 Å². The summed E-state index contributed by atoms with van der Waals surface area (Å²) < 4.78 is 6.92. The fourth-order valence-corrected chi connectivity index (χ4v) is 10.8. The van der Waals surface area contributed by atoms with Gasteiger partial charge in [0, 0.05) is 81.6 Å². The number of anilines is 2. The molecule has 4 aromatic rings. The molecule has 3 saturated heterocycles. The van der Waals surface area contributed by atoms with Gasteiger partial charge in [0.05, 0.1) is 6.61 Å². The van der Waals surface area contributed by atoms with E-state index < -0.39 is 11.6 Å². The van der Waals surface area contributed by atoms with Gasteiger partial charge in [0.1, 0.15) is 17.4 Å². The number of phenolic OH excluding ortho intramolecular Hbond substituents is 1. The van der Waals surface area contributed by atoms with Crippen LogP contribution >= 0.6 is 0 Å². The van der Waals surface area contributed by atoms with Gasteiger partial charge in [-0.1, -0.05) is 42.5 Å². The van der Waals surface area contributed by atoms with Crippen LogP contribution in [0.5, 0.6) is 5.75 Å². The molecule has 3 amide bonds. The van der Waals surface area contributed by atoms with Gasteiger partial charge in [-0.2, -0.15) is 0 Å². The zero-order valence-electron chi connectivity index (χ0n) is 32.5. The number of phenols is 1. The number of carbonyl (C=O) groups is 3.